The number of hydrogen-bond acceptors (Lipinski definition) is 6. The quantitative estimate of drug-likeness (QED) is 0.719. The van der Waals surface area contributed by atoms with Crippen LogP contribution in [0, 0.1) is 6.92 Å². The van der Waals surface area contributed by atoms with Crippen LogP contribution in [0.2, 0.25) is 0 Å². The van der Waals surface area contributed by atoms with Gasteiger partial charge >= 0.3 is 0 Å². The van der Waals surface area contributed by atoms with Gasteiger partial charge in [0.2, 0.25) is 0 Å². The molecule has 0 bridgehead atoms. The van der Waals surface area contributed by atoms with Crippen molar-refractivity contribution in [3.8, 4) is 17.2 Å². The Morgan fingerprint density at radius 2 is 1.74 bits per heavy atom. The summed E-state index contributed by atoms with van der Waals surface area (Å²) < 4.78 is 10.6. The highest BCUT2D eigenvalue weighted by molar-refractivity contribution is 5.93. The monoisotopic (exact) mass is 311 g/mol. The summed E-state index contributed by atoms with van der Waals surface area (Å²) >= 11 is 0. The van der Waals surface area contributed by atoms with Gasteiger partial charge in [-0.3, -0.25) is 0 Å². The molecule has 0 spiro atoms. The second kappa shape index (κ2) is 6.00. The molecule has 1 heterocycles. The molecule has 0 radical (unpaired) electrons. The van der Waals surface area contributed by atoms with Gasteiger partial charge in [0, 0.05) is 17.1 Å². The molecule has 0 unspecified atom stereocenters. The number of nitrogens with one attached hydrogen (secondary N) is 1. The molecule has 0 fully saturated rings. The van der Waals surface area contributed by atoms with E-state index in [1.54, 1.807) is 26.4 Å². The van der Waals surface area contributed by atoms with Gasteiger partial charge in [-0.1, -0.05) is 0 Å². The number of methoxy groups -OCH3 is 2. The van der Waals surface area contributed by atoms with Crippen LogP contribution >= 0.6 is 0 Å². The van der Waals surface area contributed by atoms with Crippen molar-refractivity contribution < 1.29 is 14.6 Å². The molecule has 0 saturated carbocycles. The third-order valence-electron chi connectivity index (χ3n) is 3.60. The average molecular weight is 311 g/mol. The molecule has 0 saturated heterocycles. The summed E-state index contributed by atoms with van der Waals surface area (Å²) in [4.78, 5) is 8.58. The predicted molar refractivity (Wildman–Crippen MR) is 88.8 cm³/mol. The lowest BCUT2D eigenvalue weighted by Gasteiger charge is -2.12. The van der Waals surface area contributed by atoms with Gasteiger partial charge in [0.1, 0.15) is 17.9 Å². The number of ether oxygens (including phenoxy) is 2. The van der Waals surface area contributed by atoms with Crippen LogP contribution in [0.4, 0.5) is 11.5 Å². The highest BCUT2D eigenvalue weighted by Crippen LogP contribution is 2.34. The Hall–Kier alpha value is -3.02. The normalized spacial score (nSPS) is 10.6. The molecule has 0 aliphatic heterocycles. The van der Waals surface area contributed by atoms with Crippen molar-refractivity contribution in [3.63, 3.8) is 0 Å². The summed E-state index contributed by atoms with van der Waals surface area (Å²) in [7, 11) is 3.17. The largest absolute Gasteiger partial charge is 0.508 e. The molecule has 6 nitrogen and oxygen atoms in total. The average Bonchev–Trinajstić information content (AvgIpc) is 2.57. The minimum atomic E-state index is 0.259. The van der Waals surface area contributed by atoms with E-state index in [1.807, 2.05) is 25.1 Å². The van der Waals surface area contributed by atoms with Crippen LogP contribution < -0.4 is 14.8 Å². The minimum Gasteiger partial charge on any atom is -0.508 e. The second-order valence-electron chi connectivity index (χ2n) is 5.07. The molecule has 0 aliphatic carbocycles. The zero-order chi connectivity index (χ0) is 16.4. The zero-order valence-electron chi connectivity index (χ0n) is 13.1. The van der Waals surface area contributed by atoms with Gasteiger partial charge in [-0.2, -0.15) is 0 Å². The Balaban J connectivity index is 2.08. The van der Waals surface area contributed by atoms with E-state index < -0.39 is 0 Å². The minimum absolute atomic E-state index is 0.259. The number of hydrogen-bond donors (Lipinski definition) is 2. The molecule has 3 aromatic rings. The van der Waals surface area contributed by atoms with E-state index in [0.717, 1.165) is 22.2 Å². The molecule has 23 heavy (non-hydrogen) atoms. The lowest BCUT2D eigenvalue weighted by molar-refractivity contribution is 0.356. The van der Waals surface area contributed by atoms with Gasteiger partial charge in [0.25, 0.3) is 0 Å². The summed E-state index contributed by atoms with van der Waals surface area (Å²) in [5, 5.41) is 13.7. The molecule has 0 aliphatic rings. The number of rotatable bonds is 4. The summed E-state index contributed by atoms with van der Waals surface area (Å²) in [5.74, 6) is 2.14. The number of phenolic OH excluding ortho intramolecular Hbond substituents is 1. The maximum absolute atomic E-state index is 9.62. The van der Waals surface area contributed by atoms with E-state index in [4.69, 9.17) is 9.47 Å². The van der Waals surface area contributed by atoms with E-state index in [0.29, 0.717) is 17.3 Å². The lowest BCUT2D eigenvalue weighted by atomic mass is 10.2. The topological polar surface area (TPSA) is 76.5 Å². The van der Waals surface area contributed by atoms with E-state index in [-0.39, 0.29) is 5.75 Å². The summed E-state index contributed by atoms with van der Waals surface area (Å²) in [5.41, 5.74) is 2.36. The summed E-state index contributed by atoms with van der Waals surface area (Å²) in [6.07, 6.45) is 1.49. The third-order valence-corrected chi connectivity index (χ3v) is 3.60. The Kier molecular flexibility index (Phi) is 3.89. The first-order valence-electron chi connectivity index (χ1n) is 7.05. The molecule has 0 amide bonds. The van der Waals surface area contributed by atoms with Crippen LogP contribution in [-0.2, 0) is 0 Å². The van der Waals surface area contributed by atoms with E-state index in [1.165, 1.54) is 6.33 Å². The maximum atomic E-state index is 9.62. The fourth-order valence-corrected chi connectivity index (χ4v) is 2.35. The van der Waals surface area contributed by atoms with Gasteiger partial charge in [-0.05, 0) is 36.8 Å². The zero-order valence-corrected chi connectivity index (χ0v) is 13.1. The van der Waals surface area contributed by atoms with Crippen LogP contribution in [0.25, 0.3) is 10.9 Å². The van der Waals surface area contributed by atoms with Crippen LogP contribution in [-0.4, -0.2) is 29.3 Å². The van der Waals surface area contributed by atoms with Crippen molar-refractivity contribution in [2.24, 2.45) is 0 Å². The first-order chi connectivity index (χ1) is 11.1. The van der Waals surface area contributed by atoms with Crippen LogP contribution in [0.15, 0.2) is 36.7 Å². The smallest absolute Gasteiger partial charge is 0.162 e. The van der Waals surface area contributed by atoms with Gasteiger partial charge < -0.3 is 19.9 Å². The molecule has 2 aromatic carbocycles. The van der Waals surface area contributed by atoms with E-state index in [2.05, 4.69) is 15.3 Å². The number of anilines is 2. The van der Waals surface area contributed by atoms with Gasteiger partial charge in [0.15, 0.2) is 11.5 Å². The van der Waals surface area contributed by atoms with Crippen LogP contribution in [0.5, 0.6) is 17.2 Å². The number of aromatic nitrogens is 2. The Bertz CT molecular complexity index is 865. The molecule has 1 aromatic heterocycles. The molecular weight excluding hydrogens is 294 g/mol. The SMILES string of the molecule is COc1cc2ncnc(Nc3ccc(O)c(C)c3)c2cc1OC. The number of aryl methyl sites for hydroxylation is 1. The van der Waals surface area contributed by atoms with Crippen molar-refractivity contribution in [3.05, 3.63) is 42.2 Å². The van der Waals surface area contributed by atoms with Crippen molar-refractivity contribution >= 4 is 22.4 Å². The standard InChI is InChI=1S/C17H17N3O3/c1-10-6-11(4-5-14(10)21)20-17-12-7-15(22-2)16(23-3)8-13(12)18-9-19-17/h4-9,21H,1-3H3,(H,18,19,20). The molecule has 3 rings (SSSR count). The number of fused-ring (bicyclic) bond motifs is 1. The summed E-state index contributed by atoms with van der Waals surface area (Å²) in [6, 6.07) is 8.93. The van der Waals surface area contributed by atoms with Gasteiger partial charge in [-0.25, -0.2) is 9.97 Å². The van der Waals surface area contributed by atoms with E-state index in [9.17, 15) is 5.11 Å². The molecule has 0 atom stereocenters. The van der Waals surface area contributed by atoms with Crippen molar-refractivity contribution in [1.29, 1.82) is 0 Å². The highest BCUT2D eigenvalue weighted by Gasteiger charge is 2.11. The Morgan fingerprint density at radius 1 is 1.00 bits per heavy atom. The van der Waals surface area contributed by atoms with E-state index >= 15 is 0 Å². The number of nitrogens with zero attached hydrogens (tertiary/aromatic N) is 2. The lowest BCUT2D eigenvalue weighted by Crippen LogP contribution is -1.98. The van der Waals surface area contributed by atoms with Crippen LogP contribution in [0.1, 0.15) is 5.56 Å². The maximum Gasteiger partial charge on any atom is 0.162 e. The van der Waals surface area contributed by atoms with Crippen molar-refractivity contribution in [2.45, 2.75) is 6.92 Å². The highest BCUT2D eigenvalue weighted by atomic mass is 16.5. The molecule has 6 heteroatoms. The van der Waals surface area contributed by atoms with Gasteiger partial charge in [-0.15, -0.1) is 0 Å². The number of phenols is 1. The first kappa shape index (κ1) is 14.9. The molecule has 118 valence electrons. The number of aromatic hydroxyl groups is 1. The number of benzene rings is 2. The van der Waals surface area contributed by atoms with Gasteiger partial charge in [0.05, 0.1) is 19.7 Å². The fourth-order valence-electron chi connectivity index (χ4n) is 2.35. The molecule has 2 N–H and O–H groups in total. The Labute approximate surface area is 133 Å². The molecular formula is C17H17N3O3. The van der Waals surface area contributed by atoms with Crippen LogP contribution in [0.3, 0.4) is 0 Å². The summed E-state index contributed by atoms with van der Waals surface area (Å²) in [6.45, 7) is 1.84. The second-order valence-corrected chi connectivity index (χ2v) is 5.07. The van der Waals surface area contributed by atoms with Crippen molar-refractivity contribution in [2.75, 3.05) is 19.5 Å². The Morgan fingerprint density at radius 3 is 2.43 bits per heavy atom. The predicted octanol–water partition coefficient (Wildman–Crippen LogP) is 3.40. The third kappa shape index (κ3) is 2.83. The first-order valence-corrected chi connectivity index (χ1v) is 7.05. The van der Waals surface area contributed by atoms with Crippen molar-refractivity contribution in [1.82, 2.24) is 9.97 Å². The fraction of sp³-hybridized carbons (Fsp3) is 0.176.